The maximum atomic E-state index is 12.3. The lowest BCUT2D eigenvalue weighted by Crippen LogP contribution is -2.29. The van der Waals surface area contributed by atoms with Crippen molar-refractivity contribution < 1.29 is 9.90 Å². The third-order valence-corrected chi connectivity index (χ3v) is 6.33. The highest BCUT2D eigenvalue weighted by Gasteiger charge is 2.18. The summed E-state index contributed by atoms with van der Waals surface area (Å²) in [7, 11) is 2.11. The SMILES string of the molecule is CCc1cc(C(=O)O)c(=O)[nH]c1-c1cc2cc(CN3CCCCC3)n(C)c2cc1C. The van der Waals surface area contributed by atoms with Crippen LogP contribution in [0.5, 0.6) is 0 Å². The maximum Gasteiger partial charge on any atom is 0.341 e. The molecule has 0 bridgehead atoms. The topological polar surface area (TPSA) is 78.3 Å². The van der Waals surface area contributed by atoms with E-state index in [1.165, 1.54) is 36.5 Å². The molecule has 30 heavy (non-hydrogen) atoms. The minimum Gasteiger partial charge on any atom is -0.477 e. The van der Waals surface area contributed by atoms with Gasteiger partial charge < -0.3 is 14.7 Å². The largest absolute Gasteiger partial charge is 0.477 e. The van der Waals surface area contributed by atoms with Gasteiger partial charge in [-0.1, -0.05) is 13.3 Å². The van der Waals surface area contributed by atoms with Gasteiger partial charge in [-0.2, -0.15) is 0 Å². The molecule has 1 fully saturated rings. The Labute approximate surface area is 176 Å². The molecule has 3 aromatic rings. The zero-order valence-corrected chi connectivity index (χ0v) is 17.9. The van der Waals surface area contributed by atoms with Crippen molar-refractivity contribution in [2.24, 2.45) is 7.05 Å². The second-order valence-corrected chi connectivity index (χ2v) is 8.33. The number of carbonyl (C=O) groups is 1. The average molecular weight is 408 g/mol. The predicted octanol–water partition coefficient (Wildman–Crippen LogP) is 4.09. The monoisotopic (exact) mass is 407 g/mol. The van der Waals surface area contributed by atoms with Gasteiger partial charge in [0, 0.05) is 35.8 Å². The van der Waals surface area contributed by atoms with Crippen LogP contribution in [0.15, 0.2) is 29.1 Å². The van der Waals surface area contributed by atoms with Crippen LogP contribution >= 0.6 is 0 Å². The van der Waals surface area contributed by atoms with Gasteiger partial charge in [0.25, 0.3) is 5.56 Å². The molecule has 4 rings (SSSR count). The van der Waals surface area contributed by atoms with Gasteiger partial charge in [0.15, 0.2) is 0 Å². The number of nitrogens with zero attached hydrogens (tertiary/aromatic N) is 2. The van der Waals surface area contributed by atoms with Crippen LogP contribution in [-0.4, -0.2) is 38.6 Å². The highest BCUT2D eigenvalue weighted by molar-refractivity contribution is 5.90. The molecule has 0 unspecified atom stereocenters. The molecule has 3 heterocycles. The second kappa shape index (κ2) is 8.11. The number of nitrogens with one attached hydrogen (secondary N) is 1. The van der Waals surface area contributed by atoms with Crippen LogP contribution in [0.4, 0.5) is 0 Å². The van der Waals surface area contributed by atoms with Crippen molar-refractivity contribution in [2.45, 2.75) is 46.1 Å². The summed E-state index contributed by atoms with van der Waals surface area (Å²) in [5, 5.41) is 10.4. The van der Waals surface area contributed by atoms with E-state index in [0.717, 1.165) is 41.7 Å². The van der Waals surface area contributed by atoms with Crippen molar-refractivity contribution in [1.82, 2.24) is 14.5 Å². The molecule has 1 saturated heterocycles. The fraction of sp³-hybridized carbons (Fsp3) is 0.417. The van der Waals surface area contributed by atoms with Crippen molar-refractivity contribution in [3.63, 3.8) is 0 Å². The molecule has 1 aromatic carbocycles. The molecule has 1 aliphatic heterocycles. The van der Waals surface area contributed by atoms with E-state index >= 15 is 0 Å². The third kappa shape index (κ3) is 3.67. The lowest BCUT2D eigenvalue weighted by Gasteiger charge is -2.26. The number of carboxylic acid groups (broad SMARTS) is 1. The van der Waals surface area contributed by atoms with Crippen LogP contribution in [-0.2, 0) is 20.0 Å². The third-order valence-electron chi connectivity index (χ3n) is 6.33. The van der Waals surface area contributed by atoms with Crippen LogP contribution in [0.1, 0.15) is 53.4 Å². The molecule has 0 amide bonds. The van der Waals surface area contributed by atoms with Crippen LogP contribution in [0, 0.1) is 6.92 Å². The quantitative estimate of drug-likeness (QED) is 0.668. The van der Waals surface area contributed by atoms with Crippen molar-refractivity contribution in [3.05, 3.63) is 57.0 Å². The number of piperidine rings is 1. The Morgan fingerprint density at radius 1 is 1.13 bits per heavy atom. The van der Waals surface area contributed by atoms with Crippen molar-refractivity contribution in [2.75, 3.05) is 13.1 Å². The summed E-state index contributed by atoms with van der Waals surface area (Å²) in [6.45, 7) is 7.26. The normalized spacial score (nSPS) is 15.0. The summed E-state index contributed by atoms with van der Waals surface area (Å²) in [4.78, 5) is 29.0. The average Bonchev–Trinajstić information content (AvgIpc) is 3.02. The summed E-state index contributed by atoms with van der Waals surface area (Å²) in [5.41, 5.74) is 5.24. The number of hydrogen-bond donors (Lipinski definition) is 2. The van der Waals surface area contributed by atoms with Gasteiger partial charge in [0.05, 0.1) is 5.69 Å². The lowest BCUT2D eigenvalue weighted by atomic mass is 9.97. The number of aromatic amines is 1. The number of aromatic carboxylic acids is 1. The molecular formula is C24H29N3O3. The number of aryl methyl sites for hydroxylation is 3. The molecular weight excluding hydrogens is 378 g/mol. The van der Waals surface area contributed by atoms with Crippen molar-refractivity contribution in [3.8, 4) is 11.3 Å². The highest BCUT2D eigenvalue weighted by atomic mass is 16.4. The van der Waals surface area contributed by atoms with E-state index in [-0.39, 0.29) is 5.56 Å². The number of benzene rings is 1. The Kier molecular flexibility index (Phi) is 5.52. The van der Waals surface area contributed by atoms with E-state index in [9.17, 15) is 14.7 Å². The standard InChI is InChI=1S/C24H29N3O3/c1-4-16-12-20(24(29)30)23(28)25-22(16)19-13-17-11-18(14-27-8-6-5-7-9-27)26(3)21(17)10-15(19)2/h10-13H,4-9,14H2,1-3H3,(H,25,28)(H,29,30). The summed E-state index contributed by atoms with van der Waals surface area (Å²) < 4.78 is 2.26. The van der Waals surface area contributed by atoms with Crippen molar-refractivity contribution in [1.29, 1.82) is 0 Å². The second-order valence-electron chi connectivity index (χ2n) is 8.33. The lowest BCUT2D eigenvalue weighted by molar-refractivity contribution is 0.0695. The molecule has 0 spiro atoms. The number of fused-ring (bicyclic) bond motifs is 1. The summed E-state index contributed by atoms with van der Waals surface area (Å²) in [5.74, 6) is -1.20. The Balaban J connectivity index is 1.79. The molecule has 6 nitrogen and oxygen atoms in total. The number of carboxylic acids is 1. The van der Waals surface area contributed by atoms with Crippen LogP contribution in [0.25, 0.3) is 22.2 Å². The van der Waals surface area contributed by atoms with Gasteiger partial charge in [0.2, 0.25) is 0 Å². The Bertz CT molecular complexity index is 1170. The first-order valence-corrected chi connectivity index (χ1v) is 10.7. The van der Waals surface area contributed by atoms with Crippen molar-refractivity contribution >= 4 is 16.9 Å². The molecule has 0 atom stereocenters. The number of hydrogen-bond acceptors (Lipinski definition) is 3. The number of aromatic nitrogens is 2. The molecule has 2 aromatic heterocycles. The molecule has 0 saturated carbocycles. The maximum absolute atomic E-state index is 12.3. The summed E-state index contributed by atoms with van der Waals surface area (Å²) in [6, 6.07) is 8.03. The Hall–Kier alpha value is -2.86. The van der Waals surface area contributed by atoms with Crippen LogP contribution in [0.3, 0.4) is 0 Å². The summed E-state index contributed by atoms with van der Waals surface area (Å²) >= 11 is 0. The molecule has 6 heteroatoms. The summed E-state index contributed by atoms with van der Waals surface area (Å²) in [6.07, 6.45) is 4.51. The van der Waals surface area contributed by atoms with E-state index < -0.39 is 11.5 Å². The smallest absolute Gasteiger partial charge is 0.341 e. The van der Waals surface area contributed by atoms with Gasteiger partial charge >= 0.3 is 5.97 Å². The minimum absolute atomic E-state index is 0.210. The first-order chi connectivity index (χ1) is 14.4. The number of rotatable bonds is 5. The number of H-pyrrole nitrogens is 1. The van der Waals surface area contributed by atoms with E-state index in [0.29, 0.717) is 12.1 Å². The zero-order chi connectivity index (χ0) is 21.4. The first-order valence-electron chi connectivity index (χ1n) is 10.7. The van der Waals surface area contributed by atoms with Crippen LogP contribution < -0.4 is 5.56 Å². The van der Waals surface area contributed by atoms with Gasteiger partial charge in [-0.15, -0.1) is 0 Å². The molecule has 0 radical (unpaired) electrons. The Morgan fingerprint density at radius 3 is 2.53 bits per heavy atom. The van der Waals surface area contributed by atoms with Gasteiger partial charge in [-0.05, 0) is 74.7 Å². The number of likely N-dealkylation sites (tertiary alicyclic amines) is 1. The van der Waals surface area contributed by atoms with E-state index in [2.05, 4.69) is 39.7 Å². The predicted molar refractivity (Wildman–Crippen MR) is 119 cm³/mol. The highest BCUT2D eigenvalue weighted by Crippen LogP contribution is 2.31. The fourth-order valence-electron chi connectivity index (χ4n) is 4.57. The molecule has 2 N–H and O–H groups in total. The molecule has 1 aliphatic rings. The molecule has 0 aliphatic carbocycles. The van der Waals surface area contributed by atoms with Gasteiger partial charge in [0.1, 0.15) is 5.56 Å². The molecule has 158 valence electrons. The van der Waals surface area contributed by atoms with Gasteiger partial charge in [-0.25, -0.2) is 4.79 Å². The van der Waals surface area contributed by atoms with Gasteiger partial charge in [-0.3, -0.25) is 9.69 Å². The van der Waals surface area contributed by atoms with E-state index in [1.54, 1.807) is 0 Å². The first kappa shape index (κ1) is 20.4. The fourth-order valence-corrected chi connectivity index (χ4v) is 4.57. The Morgan fingerprint density at radius 2 is 1.87 bits per heavy atom. The van der Waals surface area contributed by atoms with Crippen LogP contribution in [0.2, 0.25) is 0 Å². The zero-order valence-electron chi connectivity index (χ0n) is 17.9. The number of pyridine rings is 1. The van der Waals surface area contributed by atoms with E-state index in [1.807, 2.05) is 13.8 Å². The van der Waals surface area contributed by atoms with E-state index in [4.69, 9.17) is 0 Å². The minimum atomic E-state index is -1.20.